The summed E-state index contributed by atoms with van der Waals surface area (Å²) in [6.07, 6.45) is 0.878. The van der Waals surface area contributed by atoms with Crippen LogP contribution >= 0.6 is 11.6 Å². The third-order valence-corrected chi connectivity index (χ3v) is 4.36. The molecular formula is C18H16ClNO2. The molecule has 0 unspecified atom stereocenters. The van der Waals surface area contributed by atoms with E-state index in [9.17, 15) is 4.79 Å². The first-order chi connectivity index (χ1) is 10.6. The zero-order valence-corrected chi connectivity index (χ0v) is 13.4. The molecule has 0 aliphatic heterocycles. The first kappa shape index (κ1) is 14.7. The van der Waals surface area contributed by atoms with Gasteiger partial charge >= 0.3 is 0 Å². The fourth-order valence-electron chi connectivity index (χ4n) is 2.75. The quantitative estimate of drug-likeness (QED) is 0.697. The minimum absolute atomic E-state index is 0.624. The van der Waals surface area contributed by atoms with Gasteiger partial charge < -0.3 is 9.72 Å². The molecule has 0 bridgehead atoms. The van der Waals surface area contributed by atoms with Gasteiger partial charge in [0.05, 0.1) is 18.3 Å². The van der Waals surface area contributed by atoms with Crippen LogP contribution in [-0.2, 0) is 0 Å². The molecule has 2 aromatic carbocycles. The Kier molecular flexibility index (Phi) is 3.67. The van der Waals surface area contributed by atoms with Crippen LogP contribution in [0.2, 0.25) is 5.02 Å². The van der Waals surface area contributed by atoms with Crippen molar-refractivity contribution in [1.82, 2.24) is 4.98 Å². The number of hydrogen-bond donors (Lipinski definition) is 1. The second-order valence-corrected chi connectivity index (χ2v) is 5.74. The van der Waals surface area contributed by atoms with Crippen molar-refractivity contribution < 1.29 is 9.53 Å². The van der Waals surface area contributed by atoms with Crippen LogP contribution in [0.1, 0.15) is 21.5 Å². The van der Waals surface area contributed by atoms with Gasteiger partial charge in [0, 0.05) is 21.5 Å². The Labute approximate surface area is 133 Å². The number of H-pyrrole nitrogens is 1. The maximum atomic E-state index is 11.7. The van der Waals surface area contributed by atoms with Gasteiger partial charge in [0.15, 0.2) is 6.29 Å². The zero-order valence-electron chi connectivity index (χ0n) is 12.7. The number of rotatable bonds is 3. The van der Waals surface area contributed by atoms with Crippen molar-refractivity contribution in [1.29, 1.82) is 0 Å². The van der Waals surface area contributed by atoms with Crippen LogP contribution in [0, 0.1) is 13.8 Å². The van der Waals surface area contributed by atoms with E-state index in [0.29, 0.717) is 10.6 Å². The molecule has 1 aromatic heterocycles. The second-order valence-electron chi connectivity index (χ2n) is 5.33. The lowest BCUT2D eigenvalue weighted by molar-refractivity contribution is 0.112. The number of methoxy groups -OCH3 is 1. The van der Waals surface area contributed by atoms with E-state index in [1.54, 1.807) is 7.11 Å². The maximum Gasteiger partial charge on any atom is 0.152 e. The van der Waals surface area contributed by atoms with Crippen LogP contribution in [0.5, 0.6) is 5.75 Å². The van der Waals surface area contributed by atoms with E-state index in [1.165, 1.54) is 0 Å². The Morgan fingerprint density at radius 1 is 1.18 bits per heavy atom. The molecule has 0 amide bonds. The van der Waals surface area contributed by atoms with E-state index in [4.69, 9.17) is 16.3 Å². The predicted molar refractivity (Wildman–Crippen MR) is 90.2 cm³/mol. The molecule has 22 heavy (non-hydrogen) atoms. The number of ether oxygens (including phenoxy) is 1. The van der Waals surface area contributed by atoms with Gasteiger partial charge in [-0.2, -0.15) is 0 Å². The van der Waals surface area contributed by atoms with E-state index in [0.717, 1.165) is 45.3 Å². The molecule has 0 atom stereocenters. The van der Waals surface area contributed by atoms with Crippen LogP contribution in [0.25, 0.3) is 22.2 Å². The number of carbonyl (C=O) groups is 1. The fourth-order valence-corrected chi connectivity index (χ4v) is 2.91. The summed E-state index contributed by atoms with van der Waals surface area (Å²) in [4.78, 5) is 15.0. The Morgan fingerprint density at radius 2 is 1.95 bits per heavy atom. The molecule has 3 aromatic rings. The number of nitrogens with one attached hydrogen (secondary N) is 1. The fraction of sp³-hybridized carbons (Fsp3) is 0.167. The van der Waals surface area contributed by atoms with Crippen molar-refractivity contribution >= 4 is 28.8 Å². The van der Waals surface area contributed by atoms with E-state index < -0.39 is 0 Å². The molecule has 4 heteroatoms. The maximum absolute atomic E-state index is 11.7. The number of aromatic nitrogens is 1. The molecule has 0 saturated carbocycles. The highest BCUT2D eigenvalue weighted by molar-refractivity contribution is 6.32. The SMILES string of the molecule is COc1ccc(C)cc1-c1[nH]c2c(C)c(Cl)ccc2c1C=O. The molecular weight excluding hydrogens is 298 g/mol. The minimum Gasteiger partial charge on any atom is -0.496 e. The summed E-state index contributed by atoms with van der Waals surface area (Å²) in [5, 5.41) is 1.55. The first-order valence-corrected chi connectivity index (χ1v) is 7.35. The normalized spacial score (nSPS) is 10.9. The Balaban J connectivity index is 2.39. The van der Waals surface area contributed by atoms with Gasteiger partial charge in [-0.05, 0) is 37.6 Å². The Morgan fingerprint density at radius 3 is 2.64 bits per heavy atom. The summed E-state index contributed by atoms with van der Waals surface area (Å²) in [6, 6.07) is 9.58. The summed E-state index contributed by atoms with van der Waals surface area (Å²) in [7, 11) is 1.62. The minimum atomic E-state index is 0.624. The summed E-state index contributed by atoms with van der Waals surface area (Å²) in [5.74, 6) is 0.726. The van der Waals surface area contributed by atoms with Gasteiger partial charge in [0.1, 0.15) is 5.75 Å². The van der Waals surface area contributed by atoms with Gasteiger partial charge in [-0.1, -0.05) is 29.3 Å². The smallest absolute Gasteiger partial charge is 0.152 e. The van der Waals surface area contributed by atoms with E-state index >= 15 is 0 Å². The lowest BCUT2D eigenvalue weighted by Crippen LogP contribution is -1.91. The highest BCUT2D eigenvalue weighted by Crippen LogP contribution is 2.37. The highest BCUT2D eigenvalue weighted by Gasteiger charge is 2.18. The van der Waals surface area contributed by atoms with Crippen LogP contribution in [0.15, 0.2) is 30.3 Å². The number of fused-ring (bicyclic) bond motifs is 1. The number of hydrogen-bond acceptors (Lipinski definition) is 2. The third-order valence-electron chi connectivity index (χ3n) is 3.95. The molecule has 112 valence electrons. The van der Waals surface area contributed by atoms with E-state index in [-0.39, 0.29) is 0 Å². The predicted octanol–water partition coefficient (Wildman–Crippen LogP) is 4.93. The summed E-state index contributed by atoms with van der Waals surface area (Å²) < 4.78 is 5.44. The molecule has 3 nitrogen and oxygen atoms in total. The highest BCUT2D eigenvalue weighted by atomic mass is 35.5. The molecule has 1 heterocycles. The van der Waals surface area contributed by atoms with E-state index in [2.05, 4.69) is 4.98 Å². The number of halogens is 1. The molecule has 0 saturated heterocycles. The molecule has 0 radical (unpaired) electrons. The Hall–Kier alpha value is -2.26. The van der Waals surface area contributed by atoms with Crippen molar-refractivity contribution in [2.24, 2.45) is 0 Å². The number of aryl methyl sites for hydroxylation is 2. The first-order valence-electron chi connectivity index (χ1n) is 6.97. The molecule has 0 spiro atoms. The van der Waals surface area contributed by atoms with Gasteiger partial charge in [-0.15, -0.1) is 0 Å². The average molecular weight is 314 g/mol. The summed E-state index contributed by atoms with van der Waals surface area (Å²) >= 11 is 6.19. The topological polar surface area (TPSA) is 42.1 Å². The van der Waals surface area contributed by atoms with E-state index in [1.807, 2.05) is 44.2 Å². The Bertz CT molecular complexity index is 880. The lowest BCUT2D eigenvalue weighted by Gasteiger charge is -2.09. The van der Waals surface area contributed by atoms with Crippen molar-refractivity contribution in [3.8, 4) is 17.0 Å². The summed E-state index contributed by atoms with van der Waals surface area (Å²) in [5.41, 5.74) is 5.17. The number of benzene rings is 2. The lowest BCUT2D eigenvalue weighted by atomic mass is 10.0. The average Bonchev–Trinajstić information content (AvgIpc) is 2.90. The third kappa shape index (κ3) is 2.18. The number of aldehydes is 1. The van der Waals surface area contributed by atoms with Crippen LogP contribution in [-0.4, -0.2) is 18.4 Å². The van der Waals surface area contributed by atoms with Crippen molar-refractivity contribution in [2.45, 2.75) is 13.8 Å². The van der Waals surface area contributed by atoms with Crippen molar-refractivity contribution in [3.63, 3.8) is 0 Å². The van der Waals surface area contributed by atoms with Gasteiger partial charge in [0.25, 0.3) is 0 Å². The monoisotopic (exact) mass is 313 g/mol. The molecule has 0 aliphatic carbocycles. The van der Waals surface area contributed by atoms with Gasteiger partial charge in [-0.25, -0.2) is 0 Å². The second kappa shape index (κ2) is 5.50. The standard InChI is InChI=1S/C18H16ClNO2/c1-10-4-7-16(22-3)13(8-10)18-14(9-21)12-5-6-15(19)11(2)17(12)20-18/h4-9,20H,1-3H3. The molecule has 0 fully saturated rings. The molecule has 1 N–H and O–H groups in total. The van der Waals surface area contributed by atoms with Crippen molar-refractivity contribution in [2.75, 3.05) is 7.11 Å². The van der Waals surface area contributed by atoms with Gasteiger partial charge in [0.2, 0.25) is 0 Å². The van der Waals surface area contributed by atoms with Crippen molar-refractivity contribution in [3.05, 3.63) is 52.0 Å². The largest absolute Gasteiger partial charge is 0.496 e. The molecule has 0 aliphatic rings. The number of carbonyl (C=O) groups excluding carboxylic acids is 1. The van der Waals surface area contributed by atoms with Crippen LogP contribution in [0.3, 0.4) is 0 Å². The van der Waals surface area contributed by atoms with Crippen LogP contribution < -0.4 is 4.74 Å². The summed E-state index contributed by atoms with van der Waals surface area (Å²) in [6.45, 7) is 3.95. The molecule has 3 rings (SSSR count). The number of aromatic amines is 1. The van der Waals surface area contributed by atoms with Gasteiger partial charge in [-0.3, -0.25) is 4.79 Å². The zero-order chi connectivity index (χ0) is 15.9. The van der Waals surface area contributed by atoms with Crippen LogP contribution in [0.4, 0.5) is 0 Å².